The highest BCUT2D eigenvalue weighted by Crippen LogP contribution is 2.30. The highest BCUT2D eigenvalue weighted by atomic mass is 32.2. The molecular formula is C12H20N2O2S2. The molecule has 0 radical (unpaired) electrons. The van der Waals surface area contributed by atoms with Gasteiger partial charge in [-0.3, -0.25) is 0 Å². The van der Waals surface area contributed by atoms with Gasteiger partial charge in [0.05, 0.1) is 0 Å². The molecule has 18 heavy (non-hydrogen) atoms. The minimum Gasteiger partial charge on any atom is -0.311 e. The molecule has 2 atom stereocenters. The van der Waals surface area contributed by atoms with E-state index in [0.717, 1.165) is 10.4 Å². The van der Waals surface area contributed by atoms with Gasteiger partial charge in [0.2, 0.25) is 0 Å². The fourth-order valence-electron chi connectivity index (χ4n) is 2.31. The molecule has 102 valence electrons. The van der Waals surface area contributed by atoms with Gasteiger partial charge < -0.3 is 5.32 Å². The predicted molar refractivity (Wildman–Crippen MR) is 74.6 cm³/mol. The summed E-state index contributed by atoms with van der Waals surface area (Å²) in [6.07, 6.45) is 0. The molecule has 0 aliphatic carbocycles. The third kappa shape index (κ3) is 2.47. The van der Waals surface area contributed by atoms with Crippen molar-refractivity contribution in [2.75, 3.05) is 13.1 Å². The van der Waals surface area contributed by atoms with Crippen LogP contribution in [0.1, 0.15) is 24.3 Å². The Morgan fingerprint density at radius 1 is 1.39 bits per heavy atom. The van der Waals surface area contributed by atoms with Crippen LogP contribution in [0.3, 0.4) is 0 Å². The van der Waals surface area contributed by atoms with E-state index < -0.39 is 10.0 Å². The van der Waals surface area contributed by atoms with Crippen LogP contribution in [0.5, 0.6) is 0 Å². The van der Waals surface area contributed by atoms with Gasteiger partial charge in [-0.05, 0) is 39.3 Å². The lowest BCUT2D eigenvalue weighted by molar-refractivity contribution is 0.245. The molecule has 1 aromatic rings. The number of piperazine rings is 1. The van der Waals surface area contributed by atoms with E-state index in [-0.39, 0.29) is 12.1 Å². The van der Waals surface area contributed by atoms with Gasteiger partial charge in [-0.25, -0.2) is 8.42 Å². The third-order valence-corrected chi connectivity index (χ3v) is 6.99. The Kier molecular flexibility index (Phi) is 3.82. The zero-order chi connectivity index (χ0) is 13.5. The molecule has 1 aromatic heterocycles. The Morgan fingerprint density at radius 3 is 2.61 bits per heavy atom. The maximum absolute atomic E-state index is 12.7. The maximum Gasteiger partial charge on any atom is 0.253 e. The molecule has 2 heterocycles. The van der Waals surface area contributed by atoms with E-state index >= 15 is 0 Å². The lowest BCUT2D eigenvalue weighted by Gasteiger charge is -2.36. The van der Waals surface area contributed by atoms with Crippen LogP contribution in [-0.4, -0.2) is 37.9 Å². The molecule has 0 amide bonds. The molecular weight excluding hydrogens is 268 g/mol. The summed E-state index contributed by atoms with van der Waals surface area (Å²) >= 11 is 1.37. The van der Waals surface area contributed by atoms with E-state index in [0.29, 0.717) is 17.3 Å². The van der Waals surface area contributed by atoms with E-state index in [4.69, 9.17) is 0 Å². The lowest BCUT2D eigenvalue weighted by atomic mass is 10.2. The molecule has 1 aliphatic rings. The summed E-state index contributed by atoms with van der Waals surface area (Å²) in [7, 11) is -3.34. The van der Waals surface area contributed by atoms with Crippen LogP contribution >= 0.6 is 11.3 Å². The second kappa shape index (κ2) is 4.92. The first-order chi connectivity index (χ1) is 8.32. The number of hydrogen-bond acceptors (Lipinski definition) is 4. The number of rotatable bonds is 2. The van der Waals surface area contributed by atoms with Gasteiger partial charge in [-0.1, -0.05) is 0 Å². The molecule has 0 bridgehead atoms. The quantitative estimate of drug-likeness (QED) is 0.902. The Balaban J connectivity index is 2.38. The van der Waals surface area contributed by atoms with Crippen molar-refractivity contribution in [1.82, 2.24) is 9.62 Å². The van der Waals surface area contributed by atoms with Crippen molar-refractivity contribution >= 4 is 21.4 Å². The van der Waals surface area contributed by atoms with Crippen LogP contribution in [0.25, 0.3) is 0 Å². The fourth-order valence-corrected chi connectivity index (χ4v) is 5.80. The van der Waals surface area contributed by atoms with Crippen LogP contribution in [-0.2, 0) is 10.0 Å². The van der Waals surface area contributed by atoms with Gasteiger partial charge in [0.1, 0.15) is 4.21 Å². The fraction of sp³-hybridized carbons (Fsp3) is 0.667. The summed E-state index contributed by atoms with van der Waals surface area (Å²) in [5.41, 5.74) is 0.857. The Hall–Kier alpha value is -0.430. The number of hydrogen-bond donors (Lipinski definition) is 1. The molecule has 1 fully saturated rings. The zero-order valence-electron chi connectivity index (χ0n) is 11.2. The second-order valence-corrected chi connectivity index (χ2v) is 8.40. The Morgan fingerprint density at radius 2 is 2.06 bits per heavy atom. The Labute approximate surface area is 113 Å². The van der Waals surface area contributed by atoms with Crippen molar-refractivity contribution in [1.29, 1.82) is 0 Å². The van der Waals surface area contributed by atoms with Crippen LogP contribution < -0.4 is 5.32 Å². The first-order valence-corrected chi connectivity index (χ1v) is 8.40. The van der Waals surface area contributed by atoms with Gasteiger partial charge in [0.15, 0.2) is 0 Å². The number of thiophene rings is 1. The number of aryl methyl sites for hydroxylation is 2. The number of nitrogens with one attached hydrogen (secondary N) is 1. The zero-order valence-corrected chi connectivity index (χ0v) is 12.9. The SMILES string of the molecule is Cc1cc(C)c(S(=O)(=O)N2CC(C)NCC2C)s1. The summed E-state index contributed by atoms with van der Waals surface area (Å²) in [6.45, 7) is 9.03. The van der Waals surface area contributed by atoms with Crippen LogP contribution in [0.15, 0.2) is 10.3 Å². The largest absolute Gasteiger partial charge is 0.311 e. The summed E-state index contributed by atoms with van der Waals surface area (Å²) in [4.78, 5) is 1.04. The smallest absolute Gasteiger partial charge is 0.253 e. The monoisotopic (exact) mass is 288 g/mol. The highest BCUT2D eigenvalue weighted by molar-refractivity contribution is 7.91. The number of nitrogens with zero attached hydrogens (tertiary/aromatic N) is 1. The molecule has 6 heteroatoms. The summed E-state index contributed by atoms with van der Waals surface area (Å²) in [5.74, 6) is 0. The first-order valence-electron chi connectivity index (χ1n) is 6.14. The molecule has 2 unspecified atom stereocenters. The standard InChI is InChI=1S/C12H20N2O2S2/c1-8-5-11(4)17-12(8)18(15,16)14-7-9(2)13-6-10(14)3/h5,9-10,13H,6-7H2,1-4H3. The van der Waals surface area contributed by atoms with Crippen molar-refractivity contribution in [3.05, 3.63) is 16.5 Å². The molecule has 1 aliphatic heterocycles. The lowest BCUT2D eigenvalue weighted by Crippen LogP contribution is -2.56. The van der Waals surface area contributed by atoms with E-state index in [1.165, 1.54) is 11.3 Å². The molecule has 2 rings (SSSR count). The molecule has 0 aromatic carbocycles. The molecule has 0 spiro atoms. The summed E-state index contributed by atoms with van der Waals surface area (Å²) in [5, 5.41) is 3.30. The average molecular weight is 288 g/mol. The summed E-state index contributed by atoms with van der Waals surface area (Å²) < 4.78 is 27.5. The minimum absolute atomic E-state index is 0.00741. The van der Waals surface area contributed by atoms with E-state index in [9.17, 15) is 8.42 Å². The van der Waals surface area contributed by atoms with E-state index in [1.54, 1.807) is 4.31 Å². The van der Waals surface area contributed by atoms with E-state index in [2.05, 4.69) is 5.32 Å². The molecule has 1 saturated heterocycles. The first kappa shape index (κ1) is 14.0. The van der Waals surface area contributed by atoms with Gasteiger partial charge in [-0.2, -0.15) is 4.31 Å². The van der Waals surface area contributed by atoms with Crippen molar-refractivity contribution < 1.29 is 8.42 Å². The average Bonchev–Trinajstić information content (AvgIpc) is 2.62. The van der Waals surface area contributed by atoms with Crippen LogP contribution in [0, 0.1) is 13.8 Å². The maximum atomic E-state index is 12.7. The summed E-state index contributed by atoms with van der Waals surface area (Å²) in [6, 6.07) is 2.15. The van der Waals surface area contributed by atoms with Crippen molar-refractivity contribution in [3.63, 3.8) is 0 Å². The minimum atomic E-state index is -3.34. The van der Waals surface area contributed by atoms with Gasteiger partial charge >= 0.3 is 0 Å². The molecule has 1 N–H and O–H groups in total. The second-order valence-electron chi connectivity index (χ2n) is 5.06. The number of sulfonamides is 1. The topological polar surface area (TPSA) is 49.4 Å². The third-order valence-electron chi connectivity index (χ3n) is 3.25. The Bertz CT molecular complexity index is 536. The van der Waals surface area contributed by atoms with Gasteiger partial charge in [0.25, 0.3) is 10.0 Å². The van der Waals surface area contributed by atoms with Crippen molar-refractivity contribution in [2.45, 2.75) is 44.0 Å². The van der Waals surface area contributed by atoms with Gasteiger partial charge in [0, 0.05) is 30.1 Å². The highest BCUT2D eigenvalue weighted by Gasteiger charge is 2.35. The van der Waals surface area contributed by atoms with E-state index in [1.807, 2.05) is 33.8 Å². The predicted octanol–water partition coefficient (Wildman–Crippen LogP) is 1.74. The van der Waals surface area contributed by atoms with Crippen LogP contribution in [0.2, 0.25) is 0 Å². The normalized spacial score (nSPS) is 26.4. The van der Waals surface area contributed by atoms with Gasteiger partial charge in [-0.15, -0.1) is 11.3 Å². The van der Waals surface area contributed by atoms with Crippen molar-refractivity contribution in [3.8, 4) is 0 Å². The van der Waals surface area contributed by atoms with Crippen LogP contribution in [0.4, 0.5) is 0 Å². The molecule has 0 saturated carbocycles. The molecule has 4 nitrogen and oxygen atoms in total. The van der Waals surface area contributed by atoms with Crippen molar-refractivity contribution in [2.24, 2.45) is 0 Å².